The Hall–Kier alpha value is -1.10. The van der Waals surface area contributed by atoms with Crippen LogP contribution in [0.2, 0.25) is 0 Å². The van der Waals surface area contributed by atoms with Gasteiger partial charge in [-0.3, -0.25) is 9.59 Å². The van der Waals surface area contributed by atoms with E-state index in [-0.39, 0.29) is 18.5 Å². The maximum Gasteiger partial charge on any atom is 0.311 e. The van der Waals surface area contributed by atoms with Crippen molar-refractivity contribution in [2.24, 2.45) is 5.41 Å². The molecule has 0 aromatic carbocycles. The van der Waals surface area contributed by atoms with Gasteiger partial charge in [-0.05, 0) is 32.2 Å². The van der Waals surface area contributed by atoms with Crippen LogP contribution in [0.4, 0.5) is 0 Å². The second-order valence-electron chi connectivity index (χ2n) is 4.81. The molecule has 5 heteroatoms. The molecule has 5 nitrogen and oxygen atoms in total. The lowest BCUT2D eigenvalue weighted by Crippen LogP contribution is -2.48. The molecule has 1 saturated heterocycles. The minimum atomic E-state index is -0.788. The fraction of sp³-hybridized carbons (Fsp3) is 0.818. The first-order chi connectivity index (χ1) is 7.64. The SMILES string of the molecule is O=C(NCC1(C(=O)O)CC1)C1CCCCN1. The molecule has 0 radical (unpaired) electrons. The Labute approximate surface area is 94.6 Å². The van der Waals surface area contributed by atoms with Crippen LogP contribution in [0.15, 0.2) is 0 Å². The third-order valence-corrected chi connectivity index (χ3v) is 3.54. The number of hydrogen-bond acceptors (Lipinski definition) is 3. The smallest absolute Gasteiger partial charge is 0.311 e. The molecule has 0 bridgehead atoms. The number of nitrogens with one attached hydrogen (secondary N) is 2. The number of carbonyl (C=O) groups is 2. The molecule has 1 aliphatic heterocycles. The average molecular weight is 226 g/mol. The number of carboxylic acid groups (broad SMARTS) is 1. The highest BCUT2D eigenvalue weighted by Crippen LogP contribution is 2.45. The van der Waals surface area contributed by atoms with Crippen molar-refractivity contribution in [2.45, 2.75) is 38.1 Å². The molecule has 3 N–H and O–H groups in total. The molecule has 0 spiro atoms. The fourth-order valence-electron chi connectivity index (χ4n) is 2.07. The summed E-state index contributed by atoms with van der Waals surface area (Å²) in [4.78, 5) is 22.6. The van der Waals surface area contributed by atoms with Crippen LogP contribution < -0.4 is 10.6 Å². The molecule has 90 valence electrons. The predicted octanol–water partition coefficient (Wildman–Crippen LogP) is 0.109. The van der Waals surface area contributed by atoms with Crippen molar-refractivity contribution in [3.8, 4) is 0 Å². The van der Waals surface area contributed by atoms with Gasteiger partial charge in [-0.25, -0.2) is 0 Å². The van der Waals surface area contributed by atoms with Crippen molar-refractivity contribution >= 4 is 11.9 Å². The van der Waals surface area contributed by atoms with E-state index in [4.69, 9.17) is 5.11 Å². The van der Waals surface area contributed by atoms with Gasteiger partial charge in [-0.15, -0.1) is 0 Å². The summed E-state index contributed by atoms with van der Waals surface area (Å²) in [7, 11) is 0. The van der Waals surface area contributed by atoms with Gasteiger partial charge >= 0.3 is 5.97 Å². The molecule has 0 aromatic rings. The molecule has 1 aliphatic carbocycles. The van der Waals surface area contributed by atoms with Crippen molar-refractivity contribution in [3.63, 3.8) is 0 Å². The van der Waals surface area contributed by atoms with Crippen LogP contribution in [-0.4, -0.2) is 36.1 Å². The van der Waals surface area contributed by atoms with Crippen LogP contribution in [0.5, 0.6) is 0 Å². The molecule has 2 fully saturated rings. The highest BCUT2D eigenvalue weighted by atomic mass is 16.4. The highest BCUT2D eigenvalue weighted by Gasteiger charge is 2.50. The van der Waals surface area contributed by atoms with Crippen molar-refractivity contribution < 1.29 is 14.7 Å². The van der Waals surface area contributed by atoms with Crippen LogP contribution in [-0.2, 0) is 9.59 Å². The Bertz CT molecular complexity index is 294. The molecule has 0 aromatic heterocycles. The summed E-state index contributed by atoms with van der Waals surface area (Å²) in [5, 5.41) is 14.9. The zero-order valence-electron chi connectivity index (χ0n) is 9.29. The van der Waals surface area contributed by atoms with Gasteiger partial charge < -0.3 is 15.7 Å². The molecular formula is C11H18N2O3. The number of rotatable bonds is 4. The van der Waals surface area contributed by atoms with E-state index >= 15 is 0 Å². The molecule has 2 rings (SSSR count). The van der Waals surface area contributed by atoms with Gasteiger partial charge in [-0.2, -0.15) is 0 Å². The molecule has 16 heavy (non-hydrogen) atoms. The minimum Gasteiger partial charge on any atom is -0.481 e. The summed E-state index contributed by atoms with van der Waals surface area (Å²) in [5.41, 5.74) is -0.662. The van der Waals surface area contributed by atoms with Crippen LogP contribution in [0.25, 0.3) is 0 Å². The second-order valence-corrected chi connectivity index (χ2v) is 4.81. The van der Waals surface area contributed by atoms with Crippen LogP contribution in [0.3, 0.4) is 0 Å². The number of aliphatic carboxylic acids is 1. The molecule has 1 atom stereocenters. The van der Waals surface area contributed by atoms with E-state index in [1.165, 1.54) is 0 Å². The van der Waals surface area contributed by atoms with Crippen molar-refractivity contribution in [1.82, 2.24) is 10.6 Å². The maximum absolute atomic E-state index is 11.7. The summed E-state index contributed by atoms with van der Waals surface area (Å²) < 4.78 is 0. The molecule has 2 aliphatic rings. The third kappa shape index (κ3) is 2.35. The van der Waals surface area contributed by atoms with Gasteiger partial charge in [0.25, 0.3) is 0 Å². The highest BCUT2D eigenvalue weighted by molar-refractivity contribution is 5.84. The number of piperidine rings is 1. The molecule has 1 heterocycles. The van der Waals surface area contributed by atoms with Crippen LogP contribution in [0, 0.1) is 5.41 Å². The van der Waals surface area contributed by atoms with E-state index in [0.29, 0.717) is 12.8 Å². The Morgan fingerprint density at radius 2 is 2.12 bits per heavy atom. The molecular weight excluding hydrogens is 208 g/mol. The minimum absolute atomic E-state index is 0.0489. The normalized spacial score (nSPS) is 27.1. The number of carbonyl (C=O) groups excluding carboxylic acids is 1. The Morgan fingerprint density at radius 3 is 2.62 bits per heavy atom. The Kier molecular flexibility index (Phi) is 3.14. The number of amides is 1. The largest absolute Gasteiger partial charge is 0.481 e. The van der Waals surface area contributed by atoms with Crippen molar-refractivity contribution in [3.05, 3.63) is 0 Å². The number of carboxylic acids is 1. The first-order valence-corrected chi connectivity index (χ1v) is 5.89. The zero-order valence-corrected chi connectivity index (χ0v) is 9.29. The van der Waals surface area contributed by atoms with E-state index in [2.05, 4.69) is 10.6 Å². The standard InChI is InChI=1S/C11H18N2O3/c14-9(8-3-1-2-6-12-8)13-7-11(4-5-11)10(15)16/h8,12H,1-7H2,(H,13,14)(H,15,16). The summed E-state index contributed by atoms with van der Waals surface area (Å²) in [6.45, 7) is 1.15. The van der Waals surface area contributed by atoms with Gasteiger partial charge in [0.15, 0.2) is 0 Å². The van der Waals surface area contributed by atoms with E-state index < -0.39 is 11.4 Å². The summed E-state index contributed by atoms with van der Waals surface area (Å²) >= 11 is 0. The fourth-order valence-corrected chi connectivity index (χ4v) is 2.07. The average Bonchev–Trinajstić information content (AvgIpc) is 3.08. The van der Waals surface area contributed by atoms with Crippen molar-refractivity contribution in [2.75, 3.05) is 13.1 Å². The van der Waals surface area contributed by atoms with Gasteiger partial charge in [0, 0.05) is 6.54 Å². The first kappa shape index (κ1) is 11.4. The Balaban J connectivity index is 1.77. The lowest BCUT2D eigenvalue weighted by atomic mass is 10.0. The zero-order chi connectivity index (χ0) is 11.6. The summed E-state index contributed by atoms with van der Waals surface area (Å²) in [5.74, 6) is -0.836. The predicted molar refractivity (Wildman–Crippen MR) is 58.0 cm³/mol. The Morgan fingerprint density at radius 1 is 1.38 bits per heavy atom. The first-order valence-electron chi connectivity index (χ1n) is 5.89. The van der Waals surface area contributed by atoms with Gasteiger partial charge in [0.05, 0.1) is 11.5 Å². The lowest BCUT2D eigenvalue weighted by molar-refractivity contribution is -0.143. The summed E-state index contributed by atoms with van der Waals surface area (Å²) in [6, 6.07) is -0.127. The van der Waals surface area contributed by atoms with E-state index in [0.717, 1.165) is 25.8 Å². The van der Waals surface area contributed by atoms with Gasteiger partial charge in [0.2, 0.25) is 5.91 Å². The lowest BCUT2D eigenvalue weighted by Gasteiger charge is -2.23. The van der Waals surface area contributed by atoms with E-state index in [9.17, 15) is 9.59 Å². The van der Waals surface area contributed by atoms with Crippen LogP contribution in [0.1, 0.15) is 32.1 Å². The summed E-state index contributed by atoms with van der Waals surface area (Å²) in [6.07, 6.45) is 4.39. The van der Waals surface area contributed by atoms with Crippen molar-refractivity contribution in [1.29, 1.82) is 0 Å². The van der Waals surface area contributed by atoms with Gasteiger partial charge in [-0.1, -0.05) is 6.42 Å². The monoisotopic (exact) mass is 226 g/mol. The van der Waals surface area contributed by atoms with E-state index in [1.54, 1.807) is 0 Å². The quantitative estimate of drug-likeness (QED) is 0.635. The van der Waals surface area contributed by atoms with Gasteiger partial charge in [0.1, 0.15) is 0 Å². The molecule has 1 unspecified atom stereocenters. The second kappa shape index (κ2) is 4.41. The third-order valence-electron chi connectivity index (χ3n) is 3.54. The number of hydrogen-bond donors (Lipinski definition) is 3. The van der Waals surface area contributed by atoms with Crippen LogP contribution >= 0.6 is 0 Å². The topological polar surface area (TPSA) is 78.4 Å². The van der Waals surface area contributed by atoms with E-state index in [1.807, 2.05) is 0 Å². The molecule has 1 amide bonds. The molecule has 1 saturated carbocycles. The maximum atomic E-state index is 11.7.